The molecule has 1 aliphatic carbocycles. The van der Waals surface area contributed by atoms with E-state index in [1.165, 1.54) is 12.1 Å². The summed E-state index contributed by atoms with van der Waals surface area (Å²) in [6.45, 7) is 3.41. The van der Waals surface area contributed by atoms with Crippen molar-refractivity contribution < 1.29 is 17.5 Å². The number of benzene rings is 1. The van der Waals surface area contributed by atoms with Crippen LogP contribution in [0.4, 0.5) is 4.39 Å². The van der Waals surface area contributed by atoms with Gasteiger partial charge in [-0.05, 0) is 49.8 Å². The van der Waals surface area contributed by atoms with Crippen molar-refractivity contribution in [3.63, 3.8) is 0 Å². The van der Waals surface area contributed by atoms with E-state index in [-0.39, 0.29) is 16.9 Å². The number of aryl methyl sites for hydroxylation is 1. The van der Waals surface area contributed by atoms with Crippen LogP contribution in [0.15, 0.2) is 23.1 Å². The zero-order valence-electron chi connectivity index (χ0n) is 12.1. The predicted molar refractivity (Wildman–Crippen MR) is 77.0 cm³/mol. The van der Waals surface area contributed by atoms with Crippen LogP contribution in [-0.4, -0.2) is 38.5 Å². The van der Waals surface area contributed by atoms with Crippen LogP contribution in [0.25, 0.3) is 0 Å². The summed E-state index contributed by atoms with van der Waals surface area (Å²) in [6, 6.07) is 4.21. The molecule has 1 saturated carbocycles. The SMILES string of the molecule is Cc1ccc(S(=O)(=O)N(CC2CCOC2)C2CC2)cc1F. The third kappa shape index (κ3) is 3.12. The topological polar surface area (TPSA) is 46.6 Å². The molecule has 4 nitrogen and oxygen atoms in total. The molecule has 0 spiro atoms. The largest absolute Gasteiger partial charge is 0.381 e. The molecule has 0 amide bonds. The number of ether oxygens (including phenoxy) is 1. The molecule has 1 heterocycles. The molecule has 1 atom stereocenters. The van der Waals surface area contributed by atoms with E-state index in [1.54, 1.807) is 11.2 Å². The Balaban J connectivity index is 1.87. The van der Waals surface area contributed by atoms with E-state index in [9.17, 15) is 12.8 Å². The molecule has 1 aliphatic heterocycles. The minimum Gasteiger partial charge on any atom is -0.381 e. The van der Waals surface area contributed by atoms with Gasteiger partial charge in [-0.3, -0.25) is 0 Å². The van der Waals surface area contributed by atoms with Gasteiger partial charge in [0.15, 0.2) is 0 Å². The second-order valence-corrected chi connectivity index (χ2v) is 7.84. The number of rotatable bonds is 5. The van der Waals surface area contributed by atoms with Crippen molar-refractivity contribution in [2.24, 2.45) is 5.92 Å². The Bertz CT molecular complexity index is 622. The summed E-state index contributed by atoms with van der Waals surface area (Å²) in [6.07, 6.45) is 2.67. The molecule has 0 bridgehead atoms. The molecular weight excluding hydrogens is 293 g/mol. The van der Waals surface area contributed by atoms with E-state index in [1.807, 2.05) is 0 Å². The summed E-state index contributed by atoms with van der Waals surface area (Å²) in [4.78, 5) is 0.0522. The van der Waals surface area contributed by atoms with Gasteiger partial charge in [-0.15, -0.1) is 0 Å². The fraction of sp³-hybridized carbons (Fsp3) is 0.600. The van der Waals surface area contributed by atoms with Crippen LogP contribution in [0.3, 0.4) is 0 Å². The Morgan fingerprint density at radius 2 is 2.10 bits per heavy atom. The highest BCUT2D eigenvalue weighted by Gasteiger charge is 2.39. The van der Waals surface area contributed by atoms with Crippen molar-refractivity contribution in [1.82, 2.24) is 4.31 Å². The summed E-state index contributed by atoms with van der Waals surface area (Å²) in [5.74, 6) is -0.230. The quantitative estimate of drug-likeness (QED) is 0.838. The van der Waals surface area contributed by atoms with Crippen LogP contribution in [-0.2, 0) is 14.8 Å². The van der Waals surface area contributed by atoms with Crippen LogP contribution in [0, 0.1) is 18.7 Å². The first-order chi connectivity index (χ1) is 9.98. The van der Waals surface area contributed by atoms with E-state index in [2.05, 4.69) is 0 Å². The number of halogens is 1. The Morgan fingerprint density at radius 3 is 2.67 bits per heavy atom. The zero-order chi connectivity index (χ0) is 15.0. The normalized spacial score (nSPS) is 22.9. The summed E-state index contributed by atoms with van der Waals surface area (Å²) in [7, 11) is -3.63. The highest BCUT2D eigenvalue weighted by Crippen LogP contribution is 2.34. The molecule has 1 saturated heterocycles. The van der Waals surface area contributed by atoms with Gasteiger partial charge in [-0.25, -0.2) is 12.8 Å². The maximum atomic E-state index is 13.7. The molecule has 1 aromatic rings. The molecule has 1 aromatic carbocycles. The first kappa shape index (κ1) is 14.9. The Kier molecular flexibility index (Phi) is 4.03. The lowest BCUT2D eigenvalue weighted by Gasteiger charge is -2.24. The van der Waals surface area contributed by atoms with Crippen molar-refractivity contribution in [3.8, 4) is 0 Å². The van der Waals surface area contributed by atoms with Crippen LogP contribution < -0.4 is 0 Å². The number of sulfonamides is 1. The van der Waals surface area contributed by atoms with Gasteiger partial charge < -0.3 is 4.74 Å². The molecule has 1 unspecified atom stereocenters. The summed E-state index contributed by atoms with van der Waals surface area (Å²) < 4.78 is 46.1. The van der Waals surface area contributed by atoms with Crippen LogP contribution in [0.5, 0.6) is 0 Å². The monoisotopic (exact) mass is 313 g/mol. The molecule has 6 heteroatoms. The van der Waals surface area contributed by atoms with Crippen LogP contribution >= 0.6 is 0 Å². The van der Waals surface area contributed by atoms with Crippen molar-refractivity contribution in [2.45, 2.75) is 37.1 Å². The third-order valence-electron chi connectivity index (χ3n) is 4.17. The van der Waals surface area contributed by atoms with Crippen molar-refractivity contribution in [1.29, 1.82) is 0 Å². The smallest absolute Gasteiger partial charge is 0.243 e. The molecule has 2 aliphatic rings. The van der Waals surface area contributed by atoms with Gasteiger partial charge in [0, 0.05) is 19.2 Å². The van der Waals surface area contributed by atoms with E-state index < -0.39 is 15.8 Å². The molecule has 0 aromatic heterocycles. The van der Waals surface area contributed by atoms with Gasteiger partial charge in [0.25, 0.3) is 0 Å². The van der Waals surface area contributed by atoms with Crippen molar-refractivity contribution >= 4 is 10.0 Å². The van der Waals surface area contributed by atoms with E-state index in [0.717, 1.165) is 25.3 Å². The lowest BCUT2D eigenvalue weighted by molar-refractivity contribution is 0.180. The van der Waals surface area contributed by atoms with Crippen molar-refractivity contribution in [3.05, 3.63) is 29.6 Å². The Hall–Kier alpha value is -0.980. The number of hydrogen-bond acceptors (Lipinski definition) is 3. The third-order valence-corrected chi connectivity index (χ3v) is 6.08. The van der Waals surface area contributed by atoms with Crippen molar-refractivity contribution in [2.75, 3.05) is 19.8 Å². The average molecular weight is 313 g/mol. The number of hydrogen-bond donors (Lipinski definition) is 0. The van der Waals surface area contributed by atoms with E-state index in [0.29, 0.717) is 25.3 Å². The van der Waals surface area contributed by atoms with Gasteiger partial charge in [-0.1, -0.05) is 6.07 Å². The summed E-state index contributed by atoms with van der Waals surface area (Å²) >= 11 is 0. The lowest BCUT2D eigenvalue weighted by atomic mass is 10.1. The fourth-order valence-electron chi connectivity index (χ4n) is 2.66. The standard InChI is InChI=1S/C15H20FNO3S/c1-11-2-5-14(8-15(11)16)21(18,19)17(13-3-4-13)9-12-6-7-20-10-12/h2,5,8,12-13H,3-4,6-7,9-10H2,1H3. The highest BCUT2D eigenvalue weighted by atomic mass is 32.2. The maximum Gasteiger partial charge on any atom is 0.243 e. The summed E-state index contributed by atoms with van der Waals surface area (Å²) in [5.41, 5.74) is 0.455. The second-order valence-electron chi connectivity index (χ2n) is 5.95. The van der Waals surface area contributed by atoms with Gasteiger partial charge in [-0.2, -0.15) is 4.31 Å². The summed E-state index contributed by atoms with van der Waals surface area (Å²) in [5, 5.41) is 0. The lowest BCUT2D eigenvalue weighted by Crippen LogP contribution is -2.37. The minimum absolute atomic E-state index is 0.0522. The molecule has 0 radical (unpaired) electrons. The number of nitrogens with zero attached hydrogens (tertiary/aromatic N) is 1. The fourth-order valence-corrected chi connectivity index (χ4v) is 4.43. The van der Waals surface area contributed by atoms with Gasteiger partial charge in [0.1, 0.15) is 5.82 Å². The molecule has 3 rings (SSSR count). The molecule has 2 fully saturated rings. The van der Waals surface area contributed by atoms with E-state index >= 15 is 0 Å². The molecule has 0 N–H and O–H groups in total. The second kappa shape index (κ2) is 5.66. The first-order valence-corrected chi connectivity index (χ1v) is 8.78. The van der Waals surface area contributed by atoms with Gasteiger partial charge in [0.2, 0.25) is 10.0 Å². The molecule has 21 heavy (non-hydrogen) atoms. The van der Waals surface area contributed by atoms with Gasteiger partial charge >= 0.3 is 0 Å². The first-order valence-electron chi connectivity index (χ1n) is 7.34. The predicted octanol–water partition coefficient (Wildman–Crippen LogP) is 2.32. The Labute approximate surface area is 125 Å². The molecular formula is C15H20FNO3S. The van der Waals surface area contributed by atoms with Crippen LogP contribution in [0.2, 0.25) is 0 Å². The highest BCUT2D eigenvalue weighted by molar-refractivity contribution is 7.89. The zero-order valence-corrected chi connectivity index (χ0v) is 12.9. The van der Waals surface area contributed by atoms with Crippen LogP contribution in [0.1, 0.15) is 24.8 Å². The maximum absolute atomic E-state index is 13.7. The Morgan fingerprint density at radius 1 is 1.33 bits per heavy atom. The van der Waals surface area contributed by atoms with Gasteiger partial charge in [0.05, 0.1) is 11.5 Å². The van der Waals surface area contributed by atoms with E-state index in [4.69, 9.17) is 4.74 Å². The minimum atomic E-state index is -3.63. The molecule has 116 valence electrons. The average Bonchev–Trinajstić information content (AvgIpc) is 3.15.